The first-order valence-corrected chi connectivity index (χ1v) is 5.83. The van der Waals surface area contributed by atoms with E-state index in [2.05, 4.69) is 17.1 Å². The van der Waals surface area contributed by atoms with Gasteiger partial charge in [-0.3, -0.25) is 0 Å². The number of nitrogens with zero attached hydrogens (tertiary/aromatic N) is 2. The molecule has 0 aliphatic rings. The molecule has 2 rings (SSSR count). The Kier molecular flexibility index (Phi) is 3.42. The fourth-order valence-electron chi connectivity index (χ4n) is 1.62. The van der Waals surface area contributed by atoms with Crippen molar-refractivity contribution in [2.75, 3.05) is 0 Å². The molecule has 4 heteroatoms. The molecule has 0 saturated heterocycles. The molecule has 2 aromatic rings. The van der Waals surface area contributed by atoms with Gasteiger partial charge < -0.3 is 9.63 Å². The zero-order valence-corrected chi connectivity index (χ0v) is 10.1. The van der Waals surface area contributed by atoms with Crippen LogP contribution in [0.1, 0.15) is 31.2 Å². The lowest BCUT2D eigenvalue weighted by molar-refractivity contribution is 0.416. The number of aryl methyl sites for hydroxylation is 2. The van der Waals surface area contributed by atoms with Crippen molar-refractivity contribution in [2.45, 2.75) is 33.1 Å². The van der Waals surface area contributed by atoms with E-state index in [1.807, 2.05) is 13.0 Å². The van der Waals surface area contributed by atoms with Gasteiger partial charge in [-0.05, 0) is 31.0 Å². The minimum absolute atomic E-state index is 0.177. The standard InChI is InChI=1S/C13H16N2O2/c1-3-4-5-12-14-13(17-15-12)10-7-6-9(2)8-11(10)16/h6-8,16H,3-5H2,1-2H3. The molecule has 0 unspecified atom stereocenters. The molecular formula is C13H16N2O2. The van der Waals surface area contributed by atoms with Gasteiger partial charge in [-0.15, -0.1) is 0 Å². The van der Waals surface area contributed by atoms with Crippen LogP contribution in [-0.2, 0) is 6.42 Å². The van der Waals surface area contributed by atoms with Crippen LogP contribution in [0.3, 0.4) is 0 Å². The molecular weight excluding hydrogens is 216 g/mol. The molecule has 1 heterocycles. The highest BCUT2D eigenvalue weighted by Crippen LogP contribution is 2.28. The van der Waals surface area contributed by atoms with Crippen molar-refractivity contribution in [2.24, 2.45) is 0 Å². The van der Waals surface area contributed by atoms with E-state index in [9.17, 15) is 5.11 Å². The lowest BCUT2D eigenvalue weighted by Gasteiger charge is -1.99. The Labute approximate surface area is 100 Å². The molecule has 0 saturated carbocycles. The van der Waals surface area contributed by atoms with Crippen molar-refractivity contribution in [1.82, 2.24) is 10.1 Å². The predicted molar refractivity (Wildman–Crippen MR) is 64.7 cm³/mol. The van der Waals surface area contributed by atoms with Crippen molar-refractivity contribution in [1.29, 1.82) is 0 Å². The Bertz CT molecular complexity index is 506. The SMILES string of the molecule is CCCCc1noc(-c2ccc(C)cc2O)n1. The Morgan fingerprint density at radius 3 is 2.88 bits per heavy atom. The molecule has 0 radical (unpaired) electrons. The number of phenolic OH excluding ortho intramolecular Hbond substituents is 1. The van der Waals surface area contributed by atoms with Gasteiger partial charge in [0.2, 0.25) is 0 Å². The van der Waals surface area contributed by atoms with Crippen LogP contribution < -0.4 is 0 Å². The Hall–Kier alpha value is -1.84. The number of hydrogen-bond donors (Lipinski definition) is 1. The first-order valence-electron chi connectivity index (χ1n) is 5.83. The summed E-state index contributed by atoms with van der Waals surface area (Å²) in [4.78, 5) is 4.27. The second-order valence-corrected chi connectivity index (χ2v) is 4.14. The monoisotopic (exact) mass is 232 g/mol. The van der Waals surface area contributed by atoms with Crippen LogP contribution in [0.2, 0.25) is 0 Å². The van der Waals surface area contributed by atoms with Gasteiger partial charge >= 0.3 is 0 Å². The quantitative estimate of drug-likeness (QED) is 0.880. The summed E-state index contributed by atoms with van der Waals surface area (Å²) in [7, 11) is 0. The molecule has 4 nitrogen and oxygen atoms in total. The van der Waals surface area contributed by atoms with E-state index < -0.39 is 0 Å². The normalized spacial score (nSPS) is 10.7. The molecule has 0 amide bonds. The largest absolute Gasteiger partial charge is 0.507 e. The summed E-state index contributed by atoms with van der Waals surface area (Å²) in [5, 5.41) is 13.7. The van der Waals surface area contributed by atoms with Crippen LogP contribution in [0, 0.1) is 6.92 Å². The van der Waals surface area contributed by atoms with Gasteiger partial charge in [0.15, 0.2) is 5.82 Å². The van der Waals surface area contributed by atoms with Gasteiger partial charge in [0.05, 0.1) is 5.56 Å². The summed E-state index contributed by atoms with van der Waals surface area (Å²) < 4.78 is 5.15. The van der Waals surface area contributed by atoms with Gasteiger partial charge in [0.25, 0.3) is 5.89 Å². The molecule has 0 spiro atoms. The molecule has 1 aromatic carbocycles. The Balaban J connectivity index is 2.24. The number of aromatic nitrogens is 2. The second-order valence-electron chi connectivity index (χ2n) is 4.14. The highest BCUT2D eigenvalue weighted by Gasteiger charge is 2.12. The third-order valence-corrected chi connectivity index (χ3v) is 2.61. The van der Waals surface area contributed by atoms with Crippen molar-refractivity contribution in [3.63, 3.8) is 0 Å². The van der Waals surface area contributed by atoms with Crippen LogP contribution in [-0.4, -0.2) is 15.2 Å². The minimum Gasteiger partial charge on any atom is -0.507 e. The van der Waals surface area contributed by atoms with E-state index >= 15 is 0 Å². The van der Waals surface area contributed by atoms with Crippen LogP contribution in [0.15, 0.2) is 22.7 Å². The summed E-state index contributed by atoms with van der Waals surface area (Å²) >= 11 is 0. The molecule has 1 aromatic heterocycles. The number of unbranched alkanes of at least 4 members (excludes halogenated alkanes) is 1. The minimum atomic E-state index is 0.177. The fourth-order valence-corrected chi connectivity index (χ4v) is 1.62. The second kappa shape index (κ2) is 4.99. The maximum absolute atomic E-state index is 9.80. The summed E-state index contributed by atoms with van der Waals surface area (Å²) in [6.07, 6.45) is 2.95. The average Bonchev–Trinajstić information content (AvgIpc) is 2.75. The highest BCUT2D eigenvalue weighted by molar-refractivity contribution is 5.62. The highest BCUT2D eigenvalue weighted by atomic mass is 16.5. The molecule has 0 bridgehead atoms. The van der Waals surface area contributed by atoms with E-state index in [-0.39, 0.29) is 5.75 Å². The molecule has 1 N–H and O–H groups in total. The van der Waals surface area contributed by atoms with E-state index in [4.69, 9.17) is 4.52 Å². The van der Waals surface area contributed by atoms with Gasteiger partial charge in [0.1, 0.15) is 5.75 Å². The fraction of sp³-hybridized carbons (Fsp3) is 0.385. The lowest BCUT2D eigenvalue weighted by atomic mass is 10.1. The third-order valence-electron chi connectivity index (χ3n) is 2.61. The van der Waals surface area contributed by atoms with E-state index in [0.717, 1.165) is 24.8 Å². The smallest absolute Gasteiger partial charge is 0.261 e. The van der Waals surface area contributed by atoms with E-state index in [1.165, 1.54) is 0 Å². The van der Waals surface area contributed by atoms with Crippen LogP contribution >= 0.6 is 0 Å². The first-order chi connectivity index (χ1) is 8.20. The summed E-state index contributed by atoms with van der Waals surface area (Å²) in [5.41, 5.74) is 1.59. The van der Waals surface area contributed by atoms with Crippen LogP contribution in [0.4, 0.5) is 0 Å². The van der Waals surface area contributed by atoms with Crippen LogP contribution in [0.5, 0.6) is 5.75 Å². The maximum atomic E-state index is 9.80. The van der Waals surface area contributed by atoms with Gasteiger partial charge in [-0.1, -0.05) is 24.6 Å². The number of benzene rings is 1. The Morgan fingerprint density at radius 1 is 1.35 bits per heavy atom. The first kappa shape index (κ1) is 11.6. The third kappa shape index (κ3) is 2.64. The predicted octanol–water partition coefficient (Wildman–Crippen LogP) is 3.09. The Morgan fingerprint density at radius 2 is 2.18 bits per heavy atom. The molecule has 0 atom stereocenters. The van der Waals surface area contributed by atoms with Gasteiger partial charge in [-0.2, -0.15) is 4.98 Å². The lowest BCUT2D eigenvalue weighted by Crippen LogP contribution is -1.87. The number of hydrogen-bond acceptors (Lipinski definition) is 4. The summed E-state index contributed by atoms with van der Waals surface area (Å²) in [6.45, 7) is 4.04. The van der Waals surface area contributed by atoms with Gasteiger partial charge in [-0.25, -0.2) is 0 Å². The van der Waals surface area contributed by atoms with Crippen molar-refractivity contribution >= 4 is 0 Å². The maximum Gasteiger partial charge on any atom is 0.261 e. The molecule has 17 heavy (non-hydrogen) atoms. The summed E-state index contributed by atoms with van der Waals surface area (Å²) in [6, 6.07) is 5.39. The van der Waals surface area contributed by atoms with Crippen molar-refractivity contribution in [3.8, 4) is 17.2 Å². The molecule has 0 fully saturated rings. The number of phenols is 1. The topological polar surface area (TPSA) is 59.2 Å². The van der Waals surface area contributed by atoms with E-state index in [0.29, 0.717) is 17.3 Å². The zero-order chi connectivity index (χ0) is 12.3. The molecule has 0 aliphatic heterocycles. The number of aromatic hydroxyl groups is 1. The molecule has 0 aliphatic carbocycles. The van der Waals surface area contributed by atoms with Crippen molar-refractivity contribution < 1.29 is 9.63 Å². The van der Waals surface area contributed by atoms with Crippen molar-refractivity contribution in [3.05, 3.63) is 29.6 Å². The van der Waals surface area contributed by atoms with Gasteiger partial charge in [0, 0.05) is 6.42 Å². The van der Waals surface area contributed by atoms with E-state index in [1.54, 1.807) is 12.1 Å². The number of rotatable bonds is 4. The molecule has 90 valence electrons. The average molecular weight is 232 g/mol. The summed E-state index contributed by atoms with van der Waals surface area (Å²) in [5.74, 6) is 1.26. The van der Waals surface area contributed by atoms with Crippen LogP contribution in [0.25, 0.3) is 11.5 Å². The zero-order valence-electron chi connectivity index (χ0n) is 10.1.